The quantitative estimate of drug-likeness (QED) is 0.201. The van der Waals surface area contributed by atoms with Gasteiger partial charge in [0.1, 0.15) is 17.2 Å². The average molecular weight is 476 g/mol. The minimum absolute atomic E-state index is 0.233. The second kappa shape index (κ2) is 12.5. The summed E-state index contributed by atoms with van der Waals surface area (Å²) in [5.74, 6) is 0.321. The highest BCUT2D eigenvalue weighted by molar-refractivity contribution is 5.96. The van der Waals surface area contributed by atoms with Crippen molar-refractivity contribution in [3.8, 4) is 17.2 Å². The summed E-state index contributed by atoms with van der Waals surface area (Å²) >= 11 is 0. The van der Waals surface area contributed by atoms with Crippen LogP contribution in [0.25, 0.3) is 0 Å². The lowest BCUT2D eigenvalue weighted by atomic mass is 10.2. The van der Waals surface area contributed by atoms with Crippen molar-refractivity contribution < 1.29 is 28.6 Å². The van der Waals surface area contributed by atoms with Crippen LogP contribution in [0.4, 0.5) is 0 Å². The Morgan fingerprint density at radius 3 is 2.06 bits per heavy atom. The molecule has 9 nitrogen and oxygen atoms in total. The molecule has 2 amide bonds. The summed E-state index contributed by atoms with van der Waals surface area (Å²) in [6, 6.07) is 19.8. The van der Waals surface area contributed by atoms with Gasteiger partial charge in [-0.25, -0.2) is 10.2 Å². The van der Waals surface area contributed by atoms with E-state index in [0.29, 0.717) is 40.5 Å². The number of hydrazone groups is 1. The SMILES string of the molecule is CCOc1ccc(C(=O)NCC(=O)NN=Cc2ccc(OC(=O)c3ccc(OC)cc3)cc2)cc1. The Bertz CT molecular complexity index is 1170. The first-order chi connectivity index (χ1) is 17.0. The van der Waals surface area contributed by atoms with Crippen LogP contribution >= 0.6 is 0 Å². The number of hydrogen-bond donors (Lipinski definition) is 2. The summed E-state index contributed by atoms with van der Waals surface area (Å²) in [4.78, 5) is 36.3. The number of ether oxygens (including phenoxy) is 3. The van der Waals surface area contributed by atoms with E-state index in [2.05, 4.69) is 15.8 Å². The van der Waals surface area contributed by atoms with Gasteiger partial charge in [0.2, 0.25) is 0 Å². The third-order valence-corrected chi connectivity index (χ3v) is 4.66. The molecular formula is C26H25N3O6. The predicted molar refractivity (Wildman–Crippen MR) is 130 cm³/mol. The van der Waals surface area contributed by atoms with Crippen LogP contribution in [0.15, 0.2) is 77.9 Å². The zero-order valence-electron chi connectivity index (χ0n) is 19.3. The van der Waals surface area contributed by atoms with Gasteiger partial charge in [0.25, 0.3) is 11.8 Å². The Hall–Kier alpha value is -4.66. The van der Waals surface area contributed by atoms with E-state index in [1.807, 2.05) is 6.92 Å². The number of nitrogens with zero attached hydrogens (tertiary/aromatic N) is 1. The summed E-state index contributed by atoms with van der Waals surface area (Å²) in [5.41, 5.74) is 3.83. The topological polar surface area (TPSA) is 115 Å². The normalized spacial score (nSPS) is 10.5. The molecular weight excluding hydrogens is 450 g/mol. The molecule has 0 aliphatic heterocycles. The zero-order chi connectivity index (χ0) is 25.0. The standard InChI is InChI=1S/C26H25N3O6/c1-3-34-22-14-6-19(7-15-22)25(31)27-17-24(30)29-28-16-18-4-10-23(11-5-18)35-26(32)20-8-12-21(33-2)13-9-20/h4-16H,3,17H2,1-2H3,(H,27,31)(H,29,30). The molecule has 35 heavy (non-hydrogen) atoms. The molecule has 0 aromatic heterocycles. The van der Waals surface area contributed by atoms with E-state index in [0.717, 1.165) is 0 Å². The summed E-state index contributed by atoms with van der Waals surface area (Å²) in [7, 11) is 1.55. The number of hydrogen-bond acceptors (Lipinski definition) is 7. The first-order valence-electron chi connectivity index (χ1n) is 10.8. The molecule has 0 bridgehead atoms. The minimum atomic E-state index is -0.492. The van der Waals surface area contributed by atoms with Crippen molar-refractivity contribution >= 4 is 24.0 Å². The minimum Gasteiger partial charge on any atom is -0.497 e. The van der Waals surface area contributed by atoms with Crippen LogP contribution in [0.1, 0.15) is 33.2 Å². The maximum absolute atomic E-state index is 12.2. The second-order valence-corrected chi connectivity index (χ2v) is 7.12. The fourth-order valence-electron chi connectivity index (χ4n) is 2.87. The molecule has 0 atom stereocenters. The van der Waals surface area contributed by atoms with Gasteiger partial charge in [0, 0.05) is 5.56 Å². The number of nitrogens with one attached hydrogen (secondary N) is 2. The van der Waals surface area contributed by atoms with Gasteiger partial charge in [0.05, 0.1) is 32.0 Å². The number of carbonyl (C=O) groups excluding carboxylic acids is 3. The van der Waals surface area contributed by atoms with Crippen LogP contribution in [0, 0.1) is 0 Å². The first-order valence-corrected chi connectivity index (χ1v) is 10.8. The van der Waals surface area contributed by atoms with Crippen molar-refractivity contribution in [2.24, 2.45) is 5.10 Å². The largest absolute Gasteiger partial charge is 0.497 e. The third-order valence-electron chi connectivity index (χ3n) is 4.66. The van der Waals surface area contributed by atoms with Gasteiger partial charge in [-0.15, -0.1) is 0 Å². The van der Waals surface area contributed by atoms with E-state index in [1.165, 1.54) is 6.21 Å². The summed E-state index contributed by atoms with van der Waals surface area (Å²) < 4.78 is 15.7. The maximum atomic E-state index is 12.2. The van der Waals surface area contributed by atoms with Crippen LogP contribution in [0.2, 0.25) is 0 Å². The van der Waals surface area contributed by atoms with E-state index in [1.54, 1.807) is 79.9 Å². The van der Waals surface area contributed by atoms with Crippen molar-refractivity contribution in [3.63, 3.8) is 0 Å². The smallest absolute Gasteiger partial charge is 0.343 e. The van der Waals surface area contributed by atoms with Crippen LogP contribution in [0.5, 0.6) is 17.2 Å². The molecule has 0 fully saturated rings. The molecule has 180 valence electrons. The predicted octanol–water partition coefficient (Wildman–Crippen LogP) is 3.19. The van der Waals surface area contributed by atoms with E-state index in [-0.39, 0.29) is 12.5 Å². The van der Waals surface area contributed by atoms with Crippen molar-refractivity contribution in [2.45, 2.75) is 6.92 Å². The van der Waals surface area contributed by atoms with Gasteiger partial charge in [0.15, 0.2) is 0 Å². The third kappa shape index (κ3) is 7.71. The Morgan fingerprint density at radius 2 is 1.43 bits per heavy atom. The molecule has 0 aliphatic rings. The van der Waals surface area contributed by atoms with Gasteiger partial charge in [-0.05, 0) is 85.3 Å². The highest BCUT2D eigenvalue weighted by Crippen LogP contribution is 2.16. The molecule has 0 heterocycles. The monoisotopic (exact) mass is 475 g/mol. The van der Waals surface area contributed by atoms with E-state index < -0.39 is 11.9 Å². The Balaban J connectivity index is 1.42. The van der Waals surface area contributed by atoms with E-state index in [9.17, 15) is 14.4 Å². The lowest BCUT2D eigenvalue weighted by molar-refractivity contribution is -0.120. The summed E-state index contributed by atoms with van der Waals surface area (Å²) in [6.45, 7) is 2.18. The highest BCUT2D eigenvalue weighted by atomic mass is 16.5. The zero-order valence-corrected chi connectivity index (χ0v) is 19.3. The molecule has 9 heteroatoms. The molecule has 0 saturated heterocycles. The van der Waals surface area contributed by atoms with Gasteiger partial charge >= 0.3 is 5.97 Å². The van der Waals surface area contributed by atoms with Crippen molar-refractivity contribution in [2.75, 3.05) is 20.3 Å². The van der Waals surface area contributed by atoms with Crippen molar-refractivity contribution in [3.05, 3.63) is 89.5 Å². The van der Waals surface area contributed by atoms with E-state index in [4.69, 9.17) is 14.2 Å². The summed E-state index contributed by atoms with van der Waals surface area (Å²) in [5, 5.41) is 6.39. The number of rotatable bonds is 10. The van der Waals surface area contributed by atoms with Gasteiger partial charge in [-0.3, -0.25) is 9.59 Å². The molecule has 3 aromatic carbocycles. The number of esters is 1. The lowest BCUT2D eigenvalue weighted by Gasteiger charge is -2.06. The van der Waals surface area contributed by atoms with Crippen molar-refractivity contribution in [1.82, 2.24) is 10.7 Å². The van der Waals surface area contributed by atoms with E-state index >= 15 is 0 Å². The fraction of sp³-hybridized carbons (Fsp3) is 0.154. The molecule has 0 saturated carbocycles. The lowest BCUT2D eigenvalue weighted by Crippen LogP contribution is -2.34. The van der Waals surface area contributed by atoms with Crippen LogP contribution in [-0.2, 0) is 4.79 Å². The molecule has 0 radical (unpaired) electrons. The number of carbonyl (C=O) groups is 3. The van der Waals surface area contributed by atoms with Crippen LogP contribution in [-0.4, -0.2) is 44.3 Å². The molecule has 0 unspecified atom stereocenters. The first kappa shape index (κ1) is 25.0. The van der Waals surface area contributed by atoms with Gasteiger partial charge in [-0.2, -0.15) is 5.10 Å². The molecule has 0 aliphatic carbocycles. The Labute approximate surface area is 202 Å². The molecule has 2 N–H and O–H groups in total. The fourth-order valence-corrected chi connectivity index (χ4v) is 2.87. The number of amides is 2. The average Bonchev–Trinajstić information content (AvgIpc) is 2.89. The Kier molecular flexibility index (Phi) is 8.95. The molecule has 0 spiro atoms. The van der Waals surface area contributed by atoms with Crippen LogP contribution < -0.4 is 25.0 Å². The molecule has 3 aromatic rings. The van der Waals surface area contributed by atoms with Gasteiger partial charge in [-0.1, -0.05) is 0 Å². The maximum Gasteiger partial charge on any atom is 0.343 e. The van der Waals surface area contributed by atoms with Crippen LogP contribution in [0.3, 0.4) is 0 Å². The molecule has 3 rings (SSSR count). The van der Waals surface area contributed by atoms with Gasteiger partial charge < -0.3 is 19.5 Å². The number of benzene rings is 3. The Morgan fingerprint density at radius 1 is 0.829 bits per heavy atom. The summed E-state index contributed by atoms with van der Waals surface area (Å²) in [6.07, 6.45) is 1.43. The second-order valence-electron chi connectivity index (χ2n) is 7.12. The highest BCUT2D eigenvalue weighted by Gasteiger charge is 2.09. The number of methoxy groups -OCH3 is 1. The van der Waals surface area contributed by atoms with Crippen molar-refractivity contribution in [1.29, 1.82) is 0 Å².